The first-order valence-corrected chi connectivity index (χ1v) is 8.57. The monoisotopic (exact) mass is 340 g/mol. The molecule has 0 unspecified atom stereocenters. The third-order valence-corrected chi connectivity index (χ3v) is 4.36. The summed E-state index contributed by atoms with van der Waals surface area (Å²) in [6.07, 6.45) is -0.0478. The van der Waals surface area contributed by atoms with Gasteiger partial charge in [0.15, 0.2) is 0 Å². The molecular formula is C20H24N2O3. The van der Waals surface area contributed by atoms with Crippen molar-refractivity contribution in [3.05, 3.63) is 65.2 Å². The van der Waals surface area contributed by atoms with Crippen molar-refractivity contribution < 1.29 is 14.6 Å². The summed E-state index contributed by atoms with van der Waals surface area (Å²) in [6.45, 7) is 5.52. The van der Waals surface area contributed by atoms with Crippen molar-refractivity contribution in [2.75, 3.05) is 26.2 Å². The van der Waals surface area contributed by atoms with Crippen LogP contribution in [0.15, 0.2) is 48.5 Å². The van der Waals surface area contributed by atoms with Gasteiger partial charge in [-0.1, -0.05) is 42.0 Å². The van der Waals surface area contributed by atoms with Gasteiger partial charge in [0, 0.05) is 26.2 Å². The van der Waals surface area contributed by atoms with Crippen LogP contribution in [-0.2, 0) is 11.3 Å². The van der Waals surface area contributed by atoms with Crippen LogP contribution in [0, 0.1) is 6.92 Å². The number of benzene rings is 2. The van der Waals surface area contributed by atoms with Gasteiger partial charge in [-0.15, -0.1) is 0 Å². The van der Waals surface area contributed by atoms with Gasteiger partial charge in [0.25, 0.3) is 5.91 Å². The molecule has 0 aliphatic carbocycles. The van der Waals surface area contributed by atoms with E-state index in [2.05, 4.69) is 22.3 Å². The highest BCUT2D eigenvalue weighted by Crippen LogP contribution is 2.18. The van der Waals surface area contributed by atoms with Crippen molar-refractivity contribution in [1.29, 1.82) is 0 Å². The molecule has 0 aromatic heterocycles. The molecule has 0 bridgehead atoms. The topological polar surface area (TPSA) is 61.8 Å². The first kappa shape index (κ1) is 17.5. The Bertz CT molecular complexity index is 718. The standard InChI is InChI=1S/C20H24N2O3/c1-15-7-8-19(23)18(11-15)20(24)21-12-17-14-22(9-10-25-17)13-16-5-3-2-4-6-16/h2-8,11,17,23H,9-10,12-14H2,1H3,(H,21,24)/t17-/m1/s1. The summed E-state index contributed by atoms with van der Waals surface area (Å²) in [6, 6.07) is 15.3. The number of amides is 1. The molecule has 0 radical (unpaired) electrons. The molecule has 2 aromatic rings. The normalized spacial score (nSPS) is 18.0. The molecule has 2 aromatic carbocycles. The molecule has 1 atom stereocenters. The van der Waals surface area contributed by atoms with Gasteiger partial charge in [0.2, 0.25) is 0 Å². The van der Waals surface area contributed by atoms with Crippen LogP contribution in [-0.4, -0.2) is 48.3 Å². The van der Waals surface area contributed by atoms with Crippen LogP contribution in [0.3, 0.4) is 0 Å². The second-order valence-electron chi connectivity index (χ2n) is 6.44. The lowest BCUT2D eigenvalue weighted by Crippen LogP contribution is -2.47. The van der Waals surface area contributed by atoms with Gasteiger partial charge in [-0.05, 0) is 24.6 Å². The number of aryl methyl sites for hydroxylation is 1. The van der Waals surface area contributed by atoms with E-state index < -0.39 is 0 Å². The van der Waals surface area contributed by atoms with Crippen molar-refractivity contribution in [2.45, 2.75) is 19.6 Å². The number of carbonyl (C=O) groups excluding carboxylic acids is 1. The number of phenols is 1. The minimum absolute atomic E-state index is 0.00151. The minimum Gasteiger partial charge on any atom is -0.507 e. The maximum Gasteiger partial charge on any atom is 0.255 e. The Morgan fingerprint density at radius 2 is 2.08 bits per heavy atom. The minimum atomic E-state index is -0.273. The highest BCUT2D eigenvalue weighted by molar-refractivity contribution is 5.97. The number of ether oxygens (including phenoxy) is 1. The van der Waals surface area contributed by atoms with Crippen LogP contribution in [0.5, 0.6) is 5.75 Å². The molecule has 5 nitrogen and oxygen atoms in total. The van der Waals surface area contributed by atoms with Crippen LogP contribution >= 0.6 is 0 Å². The van der Waals surface area contributed by atoms with E-state index >= 15 is 0 Å². The predicted octanol–water partition coefficient (Wildman–Crippen LogP) is 2.33. The summed E-state index contributed by atoms with van der Waals surface area (Å²) in [5.41, 5.74) is 2.51. The van der Waals surface area contributed by atoms with E-state index in [1.54, 1.807) is 18.2 Å². The third kappa shape index (κ3) is 4.81. The van der Waals surface area contributed by atoms with E-state index in [0.29, 0.717) is 18.7 Å². The van der Waals surface area contributed by atoms with Gasteiger partial charge in [-0.25, -0.2) is 0 Å². The first-order valence-electron chi connectivity index (χ1n) is 8.57. The quantitative estimate of drug-likeness (QED) is 0.877. The van der Waals surface area contributed by atoms with Crippen molar-refractivity contribution in [1.82, 2.24) is 10.2 Å². The molecule has 25 heavy (non-hydrogen) atoms. The van der Waals surface area contributed by atoms with Crippen molar-refractivity contribution in [3.8, 4) is 5.75 Å². The SMILES string of the molecule is Cc1ccc(O)c(C(=O)NC[C@@H]2CN(Cc3ccccc3)CCO2)c1. The summed E-state index contributed by atoms with van der Waals surface area (Å²) >= 11 is 0. The average molecular weight is 340 g/mol. The third-order valence-electron chi connectivity index (χ3n) is 4.36. The highest BCUT2D eigenvalue weighted by Gasteiger charge is 2.21. The molecule has 0 saturated carbocycles. The van der Waals surface area contributed by atoms with Gasteiger partial charge in [-0.2, -0.15) is 0 Å². The molecule has 1 fully saturated rings. The fraction of sp³-hybridized carbons (Fsp3) is 0.350. The van der Waals surface area contributed by atoms with Gasteiger partial charge in [0.05, 0.1) is 18.3 Å². The molecule has 1 saturated heterocycles. The molecular weight excluding hydrogens is 316 g/mol. The predicted molar refractivity (Wildman–Crippen MR) is 96.6 cm³/mol. The maximum atomic E-state index is 12.3. The molecule has 132 valence electrons. The number of hydrogen-bond donors (Lipinski definition) is 2. The van der Waals surface area contributed by atoms with E-state index in [1.165, 1.54) is 5.56 Å². The zero-order valence-electron chi connectivity index (χ0n) is 14.4. The van der Waals surface area contributed by atoms with E-state index in [1.807, 2.05) is 25.1 Å². The fourth-order valence-electron chi connectivity index (χ4n) is 3.02. The molecule has 1 aliphatic heterocycles. The molecule has 0 spiro atoms. The van der Waals surface area contributed by atoms with Gasteiger partial charge >= 0.3 is 0 Å². The molecule has 1 heterocycles. The molecule has 2 N–H and O–H groups in total. The van der Waals surface area contributed by atoms with Gasteiger partial charge in [-0.3, -0.25) is 9.69 Å². The van der Waals surface area contributed by atoms with Crippen LogP contribution < -0.4 is 5.32 Å². The lowest BCUT2D eigenvalue weighted by atomic mass is 10.1. The van der Waals surface area contributed by atoms with Gasteiger partial charge < -0.3 is 15.2 Å². The molecule has 1 amide bonds. The van der Waals surface area contributed by atoms with Crippen molar-refractivity contribution in [2.24, 2.45) is 0 Å². The van der Waals surface area contributed by atoms with Crippen LogP contribution in [0.2, 0.25) is 0 Å². The van der Waals surface area contributed by atoms with E-state index in [0.717, 1.165) is 25.2 Å². The molecule has 1 aliphatic rings. The number of nitrogens with one attached hydrogen (secondary N) is 1. The summed E-state index contributed by atoms with van der Waals surface area (Å²) < 4.78 is 5.77. The second kappa shape index (κ2) is 8.14. The van der Waals surface area contributed by atoms with Crippen LogP contribution in [0.4, 0.5) is 0 Å². The number of rotatable bonds is 5. The first-order chi connectivity index (χ1) is 12.1. The number of nitrogens with zero attached hydrogens (tertiary/aromatic N) is 1. The van der Waals surface area contributed by atoms with Crippen LogP contribution in [0.25, 0.3) is 0 Å². The smallest absolute Gasteiger partial charge is 0.255 e. The Morgan fingerprint density at radius 3 is 2.88 bits per heavy atom. The lowest BCUT2D eigenvalue weighted by molar-refractivity contribution is -0.0292. The maximum absolute atomic E-state index is 12.3. The summed E-state index contributed by atoms with van der Waals surface area (Å²) in [7, 11) is 0. The summed E-state index contributed by atoms with van der Waals surface area (Å²) in [4.78, 5) is 14.6. The lowest BCUT2D eigenvalue weighted by Gasteiger charge is -2.33. The second-order valence-corrected chi connectivity index (χ2v) is 6.44. The van der Waals surface area contributed by atoms with E-state index in [9.17, 15) is 9.90 Å². The van der Waals surface area contributed by atoms with Crippen molar-refractivity contribution in [3.63, 3.8) is 0 Å². The number of hydrogen-bond acceptors (Lipinski definition) is 4. The molecule has 5 heteroatoms. The Morgan fingerprint density at radius 1 is 1.28 bits per heavy atom. The van der Waals surface area contributed by atoms with E-state index in [4.69, 9.17) is 4.74 Å². The Balaban J connectivity index is 1.52. The van der Waals surface area contributed by atoms with E-state index in [-0.39, 0.29) is 17.8 Å². The number of morpholine rings is 1. The number of carbonyl (C=O) groups is 1. The molecule has 3 rings (SSSR count). The Labute approximate surface area is 148 Å². The Kier molecular flexibility index (Phi) is 5.68. The Hall–Kier alpha value is -2.37. The van der Waals surface area contributed by atoms with Gasteiger partial charge in [0.1, 0.15) is 5.75 Å². The van der Waals surface area contributed by atoms with Crippen LogP contribution in [0.1, 0.15) is 21.5 Å². The zero-order valence-corrected chi connectivity index (χ0v) is 14.4. The largest absolute Gasteiger partial charge is 0.507 e. The highest BCUT2D eigenvalue weighted by atomic mass is 16.5. The van der Waals surface area contributed by atoms with Crippen molar-refractivity contribution >= 4 is 5.91 Å². The average Bonchev–Trinajstić information content (AvgIpc) is 2.63. The number of aromatic hydroxyl groups is 1. The summed E-state index contributed by atoms with van der Waals surface area (Å²) in [5, 5.41) is 12.7. The summed E-state index contributed by atoms with van der Waals surface area (Å²) in [5.74, 6) is -0.275. The number of phenolic OH excluding ortho intramolecular Hbond substituents is 1. The fourth-order valence-corrected chi connectivity index (χ4v) is 3.02. The zero-order chi connectivity index (χ0) is 17.6.